The fourth-order valence-corrected chi connectivity index (χ4v) is 4.27. The van der Waals surface area contributed by atoms with Crippen molar-refractivity contribution in [3.8, 4) is 0 Å². The third-order valence-corrected chi connectivity index (χ3v) is 5.50. The summed E-state index contributed by atoms with van der Waals surface area (Å²) in [7, 11) is 1.76. The number of amides is 1. The van der Waals surface area contributed by atoms with Crippen LogP contribution < -0.4 is 0 Å². The van der Waals surface area contributed by atoms with Gasteiger partial charge in [-0.1, -0.05) is 0 Å². The Hall–Kier alpha value is -0.870. The fraction of sp³-hybridized carbons (Fsp3) is 0.667. The molecule has 3 rings (SSSR count). The minimum Gasteiger partial charge on any atom is -0.381 e. The summed E-state index contributed by atoms with van der Waals surface area (Å²) in [5, 5.41) is 0. The van der Waals surface area contributed by atoms with Crippen molar-refractivity contribution in [1.82, 2.24) is 4.90 Å². The average Bonchev–Trinajstić information content (AvgIpc) is 2.90. The molecule has 1 aromatic heterocycles. The molecule has 2 aliphatic rings. The van der Waals surface area contributed by atoms with Crippen molar-refractivity contribution in [2.75, 3.05) is 20.2 Å². The molecule has 1 aliphatic carbocycles. The van der Waals surface area contributed by atoms with Crippen LogP contribution in [0.2, 0.25) is 0 Å². The van der Waals surface area contributed by atoms with Crippen LogP contribution in [0.4, 0.5) is 0 Å². The first-order valence-electron chi connectivity index (χ1n) is 7.21. The van der Waals surface area contributed by atoms with E-state index in [-0.39, 0.29) is 5.91 Å². The topological polar surface area (TPSA) is 29.5 Å². The van der Waals surface area contributed by atoms with Crippen LogP contribution in [0.1, 0.15) is 45.8 Å². The van der Waals surface area contributed by atoms with Crippen molar-refractivity contribution in [3.05, 3.63) is 21.4 Å². The van der Waals surface area contributed by atoms with Crippen LogP contribution >= 0.6 is 11.3 Å². The Morgan fingerprint density at radius 3 is 2.74 bits per heavy atom. The number of aryl methyl sites for hydroxylation is 2. The van der Waals surface area contributed by atoms with Crippen LogP contribution in [0.3, 0.4) is 0 Å². The van der Waals surface area contributed by atoms with E-state index in [0.29, 0.717) is 6.10 Å². The third kappa shape index (κ3) is 2.70. The molecule has 1 aromatic rings. The van der Waals surface area contributed by atoms with E-state index in [1.165, 1.54) is 29.7 Å². The number of ether oxygens (including phenoxy) is 1. The van der Waals surface area contributed by atoms with Gasteiger partial charge in [0.05, 0.1) is 11.0 Å². The molecule has 0 N–H and O–H groups in total. The smallest absolute Gasteiger partial charge is 0.263 e. The SMILES string of the molecule is COC1CCN(C(=O)c2cc3c(s2)CCCC3)CC1. The largest absolute Gasteiger partial charge is 0.381 e. The monoisotopic (exact) mass is 279 g/mol. The molecule has 0 aromatic carbocycles. The van der Waals surface area contributed by atoms with Gasteiger partial charge < -0.3 is 9.64 Å². The van der Waals surface area contributed by atoms with E-state index in [1.54, 1.807) is 18.4 Å². The zero-order chi connectivity index (χ0) is 13.2. The lowest BCUT2D eigenvalue weighted by Gasteiger charge is -2.30. The maximum Gasteiger partial charge on any atom is 0.263 e. The quantitative estimate of drug-likeness (QED) is 0.833. The zero-order valence-corrected chi connectivity index (χ0v) is 12.3. The molecule has 0 atom stereocenters. The molecule has 0 radical (unpaired) electrons. The summed E-state index contributed by atoms with van der Waals surface area (Å²) in [5.41, 5.74) is 1.42. The maximum absolute atomic E-state index is 12.5. The summed E-state index contributed by atoms with van der Waals surface area (Å²) in [6.45, 7) is 1.67. The summed E-state index contributed by atoms with van der Waals surface area (Å²) >= 11 is 1.72. The van der Waals surface area contributed by atoms with Gasteiger partial charge in [-0.15, -0.1) is 11.3 Å². The van der Waals surface area contributed by atoms with Gasteiger partial charge in [0.25, 0.3) is 5.91 Å². The lowest BCUT2D eigenvalue weighted by molar-refractivity contribution is 0.0353. The van der Waals surface area contributed by atoms with Gasteiger partial charge in [-0.05, 0) is 50.2 Å². The third-order valence-electron chi connectivity index (χ3n) is 4.27. The molecule has 0 bridgehead atoms. The molecular weight excluding hydrogens is 258 g/mol. The lowest BCUT2D eigenvalue weighted by Crippen LogP contribution is -2.40. The van der Waals surface area contributed by atoms with Crippen LogP contribution in [-0.4, -0.2) is 37.1 Å². The summed E-state index contributed by atoms with van der Waals surface area (Å²) in [6.07, 6.45) is 7.14. The Kier molecular flexibility index (Phi) is 3.89. The molecule has 1 fully saturated rings. The Morgan fingerprint density at radius 1 is 1.32 bits per heavy atom. The normalized spacial score (nSPS) is 20.4. The molecule has 2 heterocycles. The fourth-order valence-electron chi connectivity index (χ4n) is 3.05. The van der Waals surface area contributed by atoms with Gasteiger partial charge in [-0.2, -0.15) is 0 Å². The highest BCUT2D eigenvalue weighted by Crippen LogP contribution is 2.30. The summed E-state index contributed by atoms with van der Waals surface area (Å²) in [6, 6.07) is 2.14. The first kappa shape index (κ1) is 13.1. The average molecular weight is 279 g/mol. The number of likely N-dealkylation sites (tertiary alicyclic amines) is 1. The second-order valence-corrected chi connectivity index (χ2v) is 6.63. The molecule has 1 amide bonds. The summed E-state index contributed by atoms with van der Waals surface area (Å²) in [5.74, 6) is 0.231. The minimum absolute atomic E-state index is 0.231. The van der Waals surface area contributed by atoms with E-state index in [4.69, 9.17) is 4.74 Å². The zero-order valence-electron chi connectivity index (χ0n) is 11.5. The van der Waals surface area contributed by atoms with Crippen molar-refractivity contribution in [2.24, 2.45) is 0 Å². The second kappa shape index (κ2) is 5.63. The molecule has 0 unspecified atom stereocenters. The number of fused-ring (bicyclic) bond motifs is 1. The van der Waals surface area contributed by atoms with Crippen LogP contribution in [0.25, 0.3) is 0 Å². The number of carbonyl (C=O) groups excluding carboxylic acids is 1. The first-order chi connectivity index (χ1) is 9.28. The van der Waals surface area contributed by atoms with Crippen molar-refractivity contribution in [3.63, 3.8) is 0 Å². The minimum atomic E-state index is 0.231. The molecule has 0 saturated carbocycles. The Bertz CT molecular complexity index is 437. The van der Waals surface area contributed by atoms with E-state index < -0.39 is 0 Å². The molecule has 0 spiro atoms. The van der Waals surface area contributed by atoms with Crippen LogP contribution in [0, 0.1) is 0 Å². The predicted octanol–water partition coefficient (Wildman–Crippen LogP) is 2.88. The van der Waals surface area contributed by atoms with Gasteiger partial charge in [0.15, 0.2) is 0 Å². The summed E-state index contributed by atoms with van der Waals surface area (Å²) in [4.78, 5) is 16.9. The van der Waals surface area contributed by atoms with E-state index in [2.05, 4.69) is 6.07 Å². The summed E-state index contributed by atoms with van der Waals surface area (Å²) < 4.78 is 5.36. The highest BCUT2D eigenvalue weighted by molar-refractivity contribution is 7.14. The van der Waals surface area contributed by atoms with Crippen LogP contribution in [0.5, 0.6) is 0 Å². The number of methoxy groups -OCH3 is 1. The van der Waals surface area contributed by atoms with Crippen LogP contribution in [0.15, 0.2) is 6.07 Å². The molecule has 4 heteroatoms. The van der Waals surface area contributed by atoms with Crippen molar-refractivity contribution >= 4 is 17.2 Å². The molecule has 3 nitrogen and oxygen atoms in total. The van der Waals surface area contributed by atoms with E-state index in [1.807, 2.05) is 4.90 Å². The maximum atomic E-state index is 12.5. The van der Waals surface area contributed by atoms with Crippen molar-refractivity contribution in [1.29, 1.82) is 0 Å². The molecule has 1 aliphatic heterocycles. The number of hydrogen-bond acceptors (Lipinski definition) is 3. The Balaban J connectivity index is 1.68. The van der Waals surface area contributed by atoms with Gasteiger partial charge in [0.1, 0.15) is 0 Å². The lowest BCUT2D eigenvalue weighted by atomic mass is 9.99. The highest BCUT2D eigenvalue weighted by Gasteiger charge is 2.25. The van der Waals surface area contributed by atoms with Crippen molar-refractivity contribution < 1.29 is 9.53 Å². The van der Waals surface area contributed by atoms with Gasteiger partial charge >= 0.3 is 0 Å². The van der Waals surface area contributed by atoms with Gasteiger partial charge in [0.2, 0.25) is 0 Å². The standard InChI is InChI=1S/C15H21NO2S/c1-18-12-6-8-16(9-7-12)15(17)14-10-11-4-2-3-5-13(11)19-14/h10,12H,2-9H2,1H3. The number of carbonyl (C=O) groups is 1. The van der Waals surface area contributed by atoms with E-state index >= 15 is 0 Å². The number of hydrogen-bond donors (Lipinski definition) is 0. The molecule has 1 saturated heterocycles. The van der Waals surface area contributed by atoms with Gasteiger partial charge in [0, 0.05) is 25.1 Å². The number of piperidine rings is 1. The second-order valence-electron chi connectivity index (χ2n) is 5.49. The van der Waals surface area contributed by atoms with Crippen LogP contribution in [-0.2, 0) is 17.6 Å². The number of thiophene rings is 1. The predicted molar refractivity (Wildman–Crippen MR) is 76.9 cm³/mol. The first-order valence-corrected chi connectivity index (χ1v) is 8.03. The number of rotatable bonds is 2. The van der Waals surface area contributed by atoms with E-state index in [0.717, 1.165) is 37.2 Å². The highest BCUT2D eigenvalue weighted by atomic mass is 32.1. The molecular formula is C15H21NO2S. The number of nitrogens with zero attached hydrogens (tertiary/aromatic N) is 1. The van der Waals surface area contributed by atoms with Gasteiger partial charge in [-0.3, -0.25) is 4.79 Å². The molecule has 104 valence electrons. The van der Waals surface area contributed by atoms with Crippen molar-refractivity contribution in [2.45, 2.75) is 44.6 Å². The van der Waals surface area contributed by atoms with E-state index in [9.17, 15) is 4.79 Å². The Morgan fingerprint density at radius 2 is 2.05 bits per heavy atom. The molecule has 19 heavy (non-hydrogen) atoms. The van der Waals surface area contributed by atoms with Gasteiger partial charge in [-0.25, -0.2) is 0 Å². The Labute approximate surface area is 118 Å².